The summed E-state index contributed by atoms with van der Waals surface area (Å²) >= 11 is 0. The average Bonchev–Trinajstić information content (AvgIpc) is 3.07. The summed E-state index contributed by atoms with van der Waals surface area (Å²) in [5.74, 6) is 0.280. The van der Waals surface area contributed by atoms with Gasteiger partial charge in [0, 0.05) is 5.69 Å². The molecule has 0 aliphatic heterocycles. The summed E-state index contributed by atoms with van der Waals surface area (Å²) in [5.41, 5.74) is 3.30. The Morgan fingerprint density at radius 3 is 2.25 bits per heavy atom. The number of carboxylic acids is 1. The highest BCUT2D eigenvalue weighted by Crippen LogP contribution is 2.72. The van der Waals surface area contributed by atoms with Crippen LogP contribution in [0.1, 0.15) is 96.6 Å². The number of aliphatic hydroxyl groups is 1. The van der Waals surface area contributed by atoms with Gasteiger partial charge in [-0.25, -0.2) is 0 Å². The Balaban J connectivity index is 0.000000195. The zero-order valence-corrected chi connectivity index (χ0v) is 25.7. The van der Waals surface area contributed by atoms with Crippen molar-refractivity contribution in [1.29, 1.82) is 0 Å². The molecule has 0 unspecified atom stereocenters. The number of aliphatic carboxylic acids is 1. The number of amides is 1. The number of carbonyl (C=O) groups is 2. The van der Waals surface area contributed by atoms with Gasteiger partial charge in [0.2, 0.25) is 5.91 Å². The predicted molar refractivity (Wildman–Crippen MR) is 161 cm³/mol. The number of carboxylic acid groups (broad SMARTS) is 1. The number of hydrogen-bond acceptors (Lipinski definition) is 4. The van der Waals surface area contributed by atoms with Crippen molar-refractivity contribution in [1.82, 2.24) is 4.90 Å². The van der Waals surface area contributed by atoms with Gasteiger partial charge in [-0.3, -0.25) is 14.5 Å². The fourth-order valence-corrected chi connectivity index (χ4v) is 9.45. The number of likely N-dealkylation sites (N-methyl/N-ethyl adjacent to an activating group) is 1. The van der Waals surface area contributed by atoms with E-state index >= 15 is 0 Å². The summed E-state index contributed by atoms with van der Waals surface area (Å²) in [6, 6.07) is 6.03. The first-order valence-electron chi connectivity index (χ1n) is 15.5. The lowest BCUT2D eigenvalue weighted by atomic mass is 9.41. The number of nitrogens with one attached hydrogen (secondary N) is 1. The molecule has 2 bridgehead atoms. The van der Waals surface area contributed by atoms with Gasteiger partial charge in [0.25, 0.3) is 0 Å². The Bertz CT molecular complexity index is 1120. The number of hydrogen-bond donors (Lipinski definition) is 3. The minimum absolute atomic E-state index is 0.0612. The second-order valence-electron chi connectivity index (χ2n) is 13.9. The first-order chi connectivity index (χ1) is 18.7. The summed E-state index contributed by atoms with van der Waals surface area (Å²) in [7, 11) is 0. The first kappa shape index (κ1) is 30.8. The quantitative estimate of drug-likeness (QED) is 0.340. The lowest BCUT2D eigenvalue weighted by molar-refractivity contribution is -0.186. The molecule has 4 aliphatic carbocycles. The lowest BCUT2D eigenvalue weighted by Gasteiger charge is -2.63. The normalized spacial score (nSPS) is 36.2. The highest BCUT2D eigenvalue weighted by atomic mass is 16.4. The third-order valence-corrected chi connectivity index (χ3v) is 11.7. The SMILES string of the molecule is C=C1C[C@@]23CC[C@H]4[C@@](C)(CCC[C@@]4(C)C(=O)O)[C@@H]2CC[C@]1(O)C3.CCN(CC)CC(=O)Nc1c(C)cccc1C. The maximum atomic E-state index is 12.0. The van der Waals surface area contributed by atoms with E-state index in [1.54, 1.807) is 0 Å². The van der Waals surface area contributed by atoms with Crippen molar-refractivity contribution in [2.45, 2.75) is 105 Å². The molecule has 0 aromatic heterocycles. The molecule has 0 radical (unpaired) electrons. The molecule has 222 valence electrons. The number of fused-ring (bicyclic) bond motifs is 3. The van der Waals surface area contributed by atoms with Crippen LogP contribution in [-0.2, 0) is 9.59 Å². The Morgan fingerprint density at radius 1 is 1.02 bits per heavy atom. The van der Waals surface area contributed by atoms with E-state index in [9.17, 15) is 19.8 Å². The summed E-state index contributed by atoms with van der Waals surface area (Å²) < 4.78 is 0. The molecule has 1 aromatic rings. The first-order valence-corrected chi connectivity index (χ1v) is 15.5. The molecule has 1 spiro atoms. The molecule has 4 saturated carbocycles. The molecule has 3 N–H and O–H groups in total. The van der Waals surface area contributed by atoms with Crippen LogP contribution in [0.5, 0.6) is 0 Å². The highest BCUT2D eigenvalue weighted by molar-refractivity contribution is 5.93. The molecule has 6 atom stereocenters. The molecular formula is C34H52N2O4. The Morgan fingerprint density at radius 2 is 1.65 bits per heavy atom. The van der Waals surface area contributed by atoms with Crippen molar-refractivity contribution in [3.8, 4) is 0 Å². The van der Waals surface area contributed by atoms with Crippen LogP contribution in [0.25, 0.3) is 0 Å². The smallest absolute Gasteiger partial charge is 0.309 e. The van der Waals surface area contributed by atoms with Crippen molar-refractivity contribution < 1.29 is 19.8 Å². The standard InChI is InChI=1S/C20H30O3.C14H22N2O/c1-13-11-19-9-5-14-17(2,7-4-8-18(14,3)16(21)22)15(19)6-10-20(13,23)12-19;1-5-16(6-2)10-13(17)15-14-11(3)8-7-9-12(14)4/h14-15,23H,1,4-12H2,2-3H3,(H,21,22);7-9H,5-6,10H2,1-4H3,(H,15,17)/t14-,15-,17+,18+,19+,20-;/m0./s1. The summed E-state index contributed by atoms with van der Waals surface area (Å²) in [6.45, 7) is 19.0. The molecule has 1 aromatic carbocycles. The van der Waals surface area contributed by atoms with E-state index < -0.39 is 17.0 Å². The number of carbonyl (C=O) groups excluding carboxylic acids is 1. The van der Waals surface area contributed by atoms with Crippen molar-refractivity contribution >= 4 is 17.6 Å². The van der Waals surface area contributed by atoms with E-state index in [0.717, 1.165) is 93.3 Å². The van der Waals surface area contributed by atoms with Gasteiger partial charge in [0.15, 0.2) is 0 Å². The van der Waals surface area contributed by atoms with Gasteiger partial charge >= 0.3 is 5.97 Å². The third-order valence-electron chi connectivity index (χ3n) is 11.7. The van der Waals surface area contributed by atoms with Gasteiger partial charge in [-0.15, -0.1) is 0 Å². The third kappa shape index (κ3) is 5.27. The molecule has 40 heavy (non-hydrogen) atoms. The van der Waals surface area contributed by atoms with E-state index in [4.69, 9.17) is 0 Å². The van der Waals surface area contributed by atoms with E-state index in [2.05, 4.69) is 37.6 Å². The van der Waals surface area contributed by atoms with Crippen molar-refractivity contribution in [3.05, 3.63) is 41.5 Å². The van der Waals surface area contributed by atoms with Gasteiger partial charge in [-0.1, -0.05) is 52.0 Å². The maximum absolute atomic E-state index is 12.0. The number of nitrogens with zero attached hydrogens (tertiary/aromatic N) is 1. The lowest BCUT2D eigenvalue weighted by Crippen LogP contribution is -2.59. The van der Waals surface area contributed by atoms with E-state index in [0.29, 0.717) is 12.5 Å². The van der Waals surface area contributed by atoms with Crippen LogP contribution < -0.4 is 5.32 Å². The van der Waals surface area contributed by atoms with Crippen LogP contribution in [0.2, 0.25) is 0 Å². The highest BCUT2D eigenvalue weighted by Gasteiger charge is 2.67. The minimum Gasteiger partial charge on any atom is -0.481 e. The molecular weight excluding hydrogens is 500 g/mol. The fraction of sp³-hybridized carbons (Fsp3) is 0.706. The molecule has 5 rings (SSSR count). The predicted octanol–water partition coefficient (Wildman–Crippen LogP) is 6.74. The second kappa shape index (κ2) is 11.2. The second-order valence-corrected chi connectivity index (χ2v) is 13.9. The molecule has 0 saturated heterocycles. The number of para-hydroxylation sites is 1. The summed E-state index contributed by atoms with van der Waals surface area (Å²) in [4.78, 5) is 26.0. The molecule has 6 heteroatoms. The van der Waals surface area contributed by atoms with Gasteiger partial charge in [-0.2, -0.15) is 0 Å². The summed E-state index contributed by atoms with van der Waals surface area (Å²) in [6.07, 6.45) is 8.75. The average molecular weight is 553 g/mol. The number of aryl methyl sites for hydroxylation is 2. The monoisotopic (exact) mass is 552 g/mol. The number of anilines is 1. The molecule has 0 heterocycles. The number of benzene rings is 1. The fourth-order valence-electron chi connectivity index (χ4n) is 9.45. The van der Waals surface area contributed by atoms with Gasteiger partial charge in [0.05, 0.1) is 17.6 Å². The molecule has 6 nitrogen and oxygen atoms in total. The van der Waals surface area contributed by atoms with Crippen LogP contribution in [-0.4, -0.2) is 52.2 Å². The van der Waals surface area contributed by atoms with E-state index in [1.807, 2.05) is 39.0 Å². The van der Waals surface area contributed by atoms with Crippen LogP contribution in [0.4, 0.5) is 5.69 Å². The van der Waals surface area contributed by atoms with Gasteiger partial charge < -0.3 is 15.5 Å². The van der Waals surface area contributed by atoms with Crippen LogP contribution in [0.3, 0.4) is 0 Å². The van der Waals surface area contributed by atoms with Gasteiger partial charge in [0.1, 0.15) is 0 Å². The van der Waals surface area contributed by atoms with Crippen LogP contribution in [0, 0.1) is 41.9 Å². The molecule has 4 fully saturated rings. The van der Waals surface area contributed by atoms with E-state index in [-0.39, 0.29) is 22.7 Å². The van der Waals surface area contributed by atoms with Crippen LogP contribution >= 0.6 is 0 Å². The molecule has 4 aliphatic rings. The molecule has 1 amide bonds. The van der Waals surface area contributed by atoms with Crippen molar-refractivity contribution in [2.24, 2.45) is 28.1 Å². The van der Waals surface area contributed by atoms with Crippen LogP contribution in [0.15, 0.2) is 30.4 Å². The van der Waals surface area contributed by atoms with Crippen molar-refractivity contribution in [2.75, 3.05) is 25.0 Å². The van der Waals surface area contributed by atoms with E-state index in [1.165, 1.54) is 0 Å². The Hall–Kier alpha value is -2.18. The largest absolute Gasteiger partial charge is 0.481 e. The Labute approximate surface area is 241 Å². The zero-order chi connectivity index (χ0) is 29.5. The topological polar surface area (TPSA) is 89.9 Å². The van der Waals surface area contributed by atoms with Crippen molar-refractivity contribution in [3.63, 3.8) is 0 Å². The maximum Gasteiger partial charge on any atom is 0.309 e. The van der Waals surface area contributed by atoms with Gasteiger partial charge in [-0.05, 0) is 125 Å². The minimum atomic E-state index is -0.634. The summed E-state index contributed by atoms with van der Waals surface area (Å²) in [5, 5.41) is 23.8. The number of rotatable bonds is 6. The zero-order valence-electron chi connectivity index (χ0n) is 25.7. The Kier molecular flexibility index (Phi) is 8.65.